The van der Waals surface area contributed by atoms with Crippen molar-refractivity contribution in [2.24, 2.45) is 0 Å². The van der Waals surface area contributed by atoms with Crippen molar-refractivity contribution in [1.82, 2.24) is 0 Å². The lowest BCUT2D eigenvalue weighted by Crippen LogP contribution is -2.50. The lowest BCUT2D eigenvalue weighted by Gasteiger charge is -2.34. The highest BCUT2D eigenvalue weighted by molar-refractivity contribution is 4.99. The first-order chi connectivity index (χ1) is 13.1. The van der Waals surface area contributed by atoms with Gasteiger partial charge < -0.3 is 33.9 Å². The molecule has 0 aromatic heterocycles. The first-order valence-corrected chi connectivity index (χ1v) is 10.6. The molecule has 0 saturated carbocycles. The number of rotatable bonds is 11. The molecular formula is C20H38O7. The fourth-order valence-corrected chi connectivity index (χ4v) is 3.71. The molecule has 0 bridgehead atoms. The summed E-state index contributed by atoms with van der Waals surface area (Å²) >= 11 is 0. The highest BCUT2D eigenvalue weighted by Gasteiger charge is 2.57. The quantitative estimate of drug-likeness (QED) is 0.524. The molecule has 160 valence electrons. The molecule has 2 fully saturated rings. The lowest BCUT2D eigenvalue weighted by atomic mass is 10.0. The topological polar surface area (TPSA) is 86.6 Å². The Morgan fingerprint density at radius 2 is 1.41 bits per heavy atom. The van der Waals surface area contributed by atoms with E-state index in [-0.39, 0.29) is 6.61 Å². The molecule has 0 amide bonds. The van der Waals surface area contributed by atoms with E-state index < -0.39 is 42.6 Å². The molecule has 2 heterocycles. The van der Waals surface area contributed by atoms with Crippen LogP contribution in [0, 0.1) is 0 Å². The molecule has 0 aliphatic carbocycles. The summed E-state index contributed by atoms with van der Waals surface area (Å²) in [6, 6.07) is 0. The Morgan fingerprint density at radius 1 is 0.852 bits per heavy atom. The summed E-state index contributed by atoms with van der Waals surface area (Å²) in [7, 11) is 0. The first kappa shape index (κ1) is 23.0. The van der Waals surface area contributed by atoms with Gasteiger partial charge in [0, 0.05) is 13.2 Å². The number of fused-ring (bicyclic) bond motifs is 1. The third-order valence-corrected chi connectivity index (χ3v) is 5.51. The molecule has 2 rings (SSSR count). The van der Waals surface area contributed by atoms with Crippen molar-refractivity contribution >= 4 is 0 Å². The maximum absolute atomic E-state index is 10.6. The second-order valence-electron chi connectivity index (χ2n) is 7.41. The summed E-state index contributed by atoms with van der Waals surface area (Å²) < 4.78 is 30.5. The third-order valence-electron chi connectivity index (χ3n) is 5.51. The molecule has 0 spiro atoms. The van der Waals surface area contributed by atoms with Crippen LogP contribution >= 0.6 is 0 Å². The van der Waals surface area contributed by atoms with E-state index in [9.17, 15) is 10.2 Å². The number of aliphatic hydroxyl groups excluding tert-OH is 2. The summed E-state index contributed by atoms with van der Waals surface area (Å²) in [4.78, 5) is 0. The predicted molar refractivity (Wildman–Crippen MR) is 100 cm³/mol. The highest BCUT2D eigenvalue weighted by atomic mass is 16.8. The molecular weight excluding hydrogens is 352 g/mol. The number of aliphatic hydroxyl groups is 2. The molecule has 7 nitrogen and oxygen atoms in total. The van der Waals surface area contributed by atoms with Crippen molar-refractivity contribution < 1.29 is 33.9 Å². The number of hydrogen-bond acceptors (Lipinski definition) is 7. The monoisotopic (exact) mass is 390 g/mol. The van der Waals surface area contributed by atoms with Gasteiger partial charge in [0.1, 0.15) is 30.5 Å². The van der Waals surface area contributed by atoms with Crippen LogP contribution in [0.5, 0.6) is 0 Å². The van der Waals surface area contributed by atoms with E-state index in [1.807, 2.05) is 13.8 Å². The van der Waals surface area contributed by atoms with Crippen molar-refractivity contribution in [2.75, 3.05) is 19.8 Å². The van der Waals surface area contributed by atoms with Crippen molar-refractivity contribution in [3.63, 3.8) is 0 Å². The SMILES string of the molecule is CCCCO[C@@H]1[C@H]2OC(CC)(CC)O[C@H]2C(O)O[C@H](CO)[C@H]1OCCCC. The van der Waals surface area contributed by atoms with Gasteiger partial charge in [-0.1, -0.05) is 40.5 Å². The Kier molecular flexibility index (Phi) is 9.41. The second kappa shape index (κ2) is 11.0. The molecule has 7 heteroatoms. The van der Waals surface area contributed by atoms with Gasteiger partial charge >= 0.3 is 0 Å². The first-order valence-electron chi connectivity index (χ1n) is 10.6. The van der Waals surface area contributed by atoms with Gasteiger partial charge in [0.15, 0.2) is 12.1 Å². The Bertz CT molecular complexity index is 415. The van der Waals surface area contributed by atoms with Crippen LogP contribution in [0.15, 0.2) is 0 Å². The number of ether oxygens (including phenoxy) is 5. The molecule has 2 aliphatic heterocycles. The van der Waals surface area contributed by atoms with E-state index in [4.69, 9.17) is 23.7 Å². The molecule has 0 aromatic rings. The van der Waals surface area contributed by atoms with E-state index in [1.165, 1.54) is 0 Å². The molecule has 0 aromatic carbocycles. The predicted octanol–water partition coefficient (Wildman–Crippen LogP) is 2.37. The number of hydrogen-bond donors (Lipinski definition) is 2. The van der Waals surface area contributed by atoms with Gasteiger partial charge in [0.05, 0.1) is 6.61 Å². The maximum atomic E-state index is 10.6. The molecule has 6 atom stereocenters. The molecule has 1 unspecified atom stereocenters. The van der Waals surface area contributed by atoms with Crippen LogP contribution in [0.3, 0.4) is 0 Å². The van der Waals surface area contributed by atoms with Gasteiger partial charge in [-0.2, -0.15) is 0 Å². The van der Waals surface area contributed by atoms with Crippen molar-refractivity contribution in [1.29, 1.82) is 0 Å². The summed E-state index contributed by atoms with van der Waals surface area (Å²) in [5.41, 5.74) is 0. The molecule has 2 saturated heterocycles. The number of unbranched alkanes of at least 4 members (excludes halogenated alkanes) is 2. The van der Waals surface area contributed by atoms with Crippen molar-refractivity contribution in [2.45, 2.75) is 109 Å². The van der Waals surface area contributed by atoms with Crippen molar-refractivity contribution in [3.05, 3.63) is 0 Å². The zero-order chi connectivity index (χ0) is 19.9. The molecule has 0 radical (unpaired) electrons. The fraction of sp³-hybridized carbons (Fsp3) is 1.00. The Balaban J connectivity index is 2.28. The van der Waals surface area contributed by atoms with Crippen LogP contribution < -0.4 is 0 Å². The van der Waals surface area contributed by atoms with Gasteiger partial charge in [0.2, 0.25) is 0 Å². The maximum Gasteiger partial charge on any atom is 0.184 e. The summed E-state index contributed by atoms with van der Waals surface area (Å²) in [6.07, 6.45) is 1.05. The van der Waals surface area contributed by atoms with E-state index in [0.29, 0.717) is 26.1 Å². The van der Waals surface area contributed by atoms with E-state index >= 15 is 0 Å². The molecule has 2 aliphatic rings. The zero-order valence-electron chi connectivity index (χ0n) is 17.3. The van der Waals surface area contributed by atoms with Crippen LogP contribution in [0.1, 0.15) is 66.2 Å². The van der Waals surface area contributed by atoms with E-state index in [1.54, 1.807) is 0 Å². The minimum absolute atomic E-state index is 0.270. The highest BCUT2D eigenvalue weighted by Crippen LogP contribution is 2.41. The third kappa shape index (κ3) is 5.41. The Hall–Kier alpha value is -0.280. The largest absolute Gasteiger partial charge is 0.394 e. The van der Waals surface area contributed by atoms with Gasteiger partial charge in [-0.05, 0) is 25.7 Å². The Morgan fingerprint density at radius 3 is 1.93 bits per heavy atom. The van der Waals surface area contributed by atoms with Crippen LogP contribution in [-0.2, 0) is 23.7 Å². The fourth-order valence-electron chi connectivity index (χ4n) is 3.71. The molecule has 27 heavy (non-hydrogen) atoms. The van der Waals surface area contributed by atoms with E-state index in [2.05, 4.69) is 13.8 Å². The van der Waals surface area contributed by atoms with Crippen LogP contribution in [0.2, 0.25) is 0 Å². The minimum atomic E-state index is -1.20. The van der Waals surface area contributed by atoms with Crippen LogP contribution in [0.25, 0.3) is 0 Å². The van der Waals surface area contributed by atoms with Crippen molar-refractivity contribution in [3.8, 4) is 0 Å². The lowest BCUT2D eigenvalue weighted by molar-refractivity contribution is -0.252. The van der Waals surface area contributed by atoms with Gasteiger partial charge in [-0.15, -0.1) is 0 Å². The second-order valence-corrected chi connectivity index (χ2v) is 7.41. The standard InChI is InChI=1S/C20H38O7/c1-5-9-11-23-15-14(13-21)25-19(22)18-17(16(15)24-12-10-6-2)26-20(7-3,8-4)27-18/h14-19,21-22H,5-13H2,1-4H3/t14-,15-,16+,17-,18-,19?/m1/s1. The van der Waals surface area contributed by atoms with Crippen LogP contribution in [0.4, 0.5) is 0 Å². The van der Waals surface area contributed by atoms with Crippen LogP contribution in [-0.4, -0.2) is 72.6 Å². The summed E-state index contributed by atoms with van der Waals surface area (Å²) in [5.74, 6) is -0.758. The van der Waals surface area contributed by atoms with Gasteiger partial charge in [-0.25, -0.2) is 0 Å². The Labute approximate surface area is 163 Å². The molecule has 2 N–H and O–H groups in total. The average molecular weight is 391 g/mol. The average Bonchev–Trinajstić information content (AvgIpc) is 3.04. The van der Waals surface area contributed by atoms with Gasteiger partial charge in [0.25, 0.3) is 0 Å². The summed E-state index contributed by atoms with van der Waals surface area (Å²) in [6.45, 7) is 9.02. The van der Waals surface area contributed by atoms with E-state index in [0.717, 1.165) is 25.7 Å². The van der Waals surface area contributed by atoms with Gasteiger partial charge in [-0.3, -0.25) is 0 Å². The normalized spacial score (nSPS) is 35.8. The summed E-state index contributed by atoms with van der Waals surface area (Å²) in [5, 5.41) is 20.5. The smallest absolute Gasteiger partial charge is 0.184 e. The minimum Gasteiger partial charge on any atom is -0.394 e. The zero-order valence-corrected chi connectivity index (χ0v) is 17.3.